The fourth-order valence-corrected chi connectivity index (χ4v) is 2.14. The van der Waals surface area contributed by atoms with Gasteiger partial charge in [0.25, 0.3) is 0 Å². The third-order valence-corrected chi connectivity index (χ3v) is 3.29. The Hall–Kier alpha value is -1.34. The van der Waals surface area contributed by atoms with E-state index in [1.807, 2.05) is 0 Å². The number of hydrogen-bond donors (Lipinski definition) is 1. The molecule has 1 atom stereocenters. The molecule has 15 heavy (non-hydrogen) atoms. The summed E-state index contributed by atoms with van der Waals surface area (Å²) in [5.74, 6) is 0.728. The number of fused-ring (bicyclic) bond motifs is 1. The van der Waals surface area contributed by atoms with Crippen LogP contribution in [0.5, 0.6) is 0 Å². The first kappa shape index (κ1) is 8.93. The SMILES string of the molecule is N[C@@H](c1ccc2ccccc2c1)C1CC1. The van der Waals surface area contributed by atoms with Gasteiger partial charge in [-0.1, -0.05) is 36.4 Å². The molecule has 0 bridgehead atoms. The van der Waals surface area contributed by atoms with Gasteiger partial charge in [0.1, 0.15) is 0 Å². The van der Waals surface area contributed by atoms with E-state index in [2.05, 4.69) is 42.5 Å². The van der Waals surface area contributed by atoms with Crippen molar-refractivity contribution in [2.45, 2.75) is 18.9 Å². The zero-order chi connectivity index (χ0) is 10.3. The highest BCUT2D eigenvalue weighted by molar-refractivity contribution is 5.83. The lowest BCUT2D eigenvalue weighted by Crippen LogP contribution is -2.11. The van der Waals surface area contributed by atoms with E-state index in [0.29, 0.717) is 0 Å². The highest BCUT2D eigenvalue weighted by Gasteiger charge is 2.29. The predicted octanol–water partition coefficient (Wildman–Crippen LogP) is 3.25. The van der Waals surface area contributed by atoms with Gasteiger partial charge in [-0.25, -0.2) is 0 Å². The Morgan fingerprint density at radius 1 is 1.00 bits per heavy atom. The molecule has 1 aliphatic carbocycles. The molecule has 0 aromatic heterocycles. The second kappa shape index (κ2) is 3.35. The van der Waals surface area contributed by atoms with Crippen LogP contribution >= 0.6 is 0 Å². The van der Waals surface area contributed by atoms with Crippen LogP contribution in [0.4, 0.5) is 0 Å². The maximum Gasteiger partial charge on any atom is 0.0323 e. The molecular weight excluding hydrogens is 182 g/mol. The predicted molar refractivity (Wildman–Crippen MR) is 63.6 cm³/mol. The molecule has 0 spiro atoms. The maximum atomic E-state index is 6.19. The fraction of sp³-hybridized carbons (Fsp3) is 0.286. The maximum absolute atomic E-state index is 6.19. The summed E-state index contributed by atoms with van der Waals surface area (Å²) >= 11 is 0. The van der Waals surface area contributed by atoms with Gasteiger partial charge < -0.3 is 5.73 Å². The largest absolute Gasteiger partial charge is 0.324 e. The Kier molecular flexibility index (Phi) is 2.00. The van der Waals surface area contributed by atoms with Gasteiger partial charge in [-0.05, 0) is 41.2 Å². The number of rotatable bonds is 2. The van der Waals surface area contributed by atoms with Gasteiger partial charge in [0.15, 0.2) is 0 Å². The van der Waals surface area contributed by atoms with Crippen molar-refractivity contribution >= 4 is 10.8 Å². The first-order valence-corrected chi connectivity index (χ1v) is 5.59. The summed E-state index contributed by atoms with van der Waals surface area (Å²) in [5, 5.41) is 2.59. The highest BCUT2D eigenvalue weighted by Crippen LogP contribution is 2.39. The van der Waals surface area contributed by atoms with Crippen LogP contribution in [0.2, 0.25) is 0 Å². The zero-order valence-electron chi connectivity index (χ0n) is 8.69. The van der Waals surface area contributed by atoms with Gasteiger partial charge in [0, 0.05) is 6.04 Å². The lowest BCUT2D eigenvalue weighted by molar-refractivity contribution is 0.634. The third-order valence-electron chi connectivity index (χ3n) is 3.29. The molecule has 1 saturated carbocycles. The molecular formula is C14H15N. The van der Waals surface area contributed by atoms with E-state index >= 15 is 0 Å². The molecule has 1 fully saturated rings. The van der Waals surface area contributed by atoms with Crippen LogP contribution in [0.15, 0.2) is 42.5 Å². The summed E-state index contributed by atoms with van der Waals surface area (Å²) in [6.45, 7) is 0. The minimum absolute atomic E-state index is 0.245. The molecule has 1 aliphatic rings. The van der Waals surface area contributed by atoms with Crippen molar-refractivity contribution in [3.05, 3.63) is 48.0 Å². The van der Waals surface area contributed by atoms with Crippen LogP contribution in [-0.4, -0.2) is 0 Å². The van der Waals surface area contributed by atoms with E-state index in [1.165, 1.54) is 29.2 Å². The van der Waals surface area contributed by atoms with Crippen molar-refractivity contribution in [2.24, 2.45) is 11.7 Å². The first-order valence-electron chi connectivity index (χ1n) is 5.59. The Balaban J connectivity index is 2.05. The summed E-state index contributed by atoms with van der Waals surface area (Å²) in [4.78, 5) is 0. The summed E-state index contributed by atoms with van der Waals surface area (Å²) < 4.78 is 0. The molecule has 0 saturated heterocycles. The van der Waals surface area contributed by atoms with Crippen LogP contribution in [0, 0.1) is 5.92 Å². The minimum Gasteiger partial charge on any atom is -0.324 e. The van der Waals surface area contributed by atoms with Gasteiger partial charge in [0.05, 0.1) is 0 Å². The van der Waals surface area contributed by atoms with Crippen molar-refractivity contribution in [1.29, 1.82) is 0 Å². The molecule has 2 aromatic carbocycles. The Labute approximate surface area is 89.9 Å². The topological polar surface area (TPSA) is 26.0 Å². The van der Waals surface area contributed by atoms with Crippen LogP contribution in [0.1, 0.15) is 24.4 Å². The Morgan fingerprint density at radius 2 is 1.73 bits per heavy atom. The van der Waals surface area contributed by atoms with E-state index in [-0.39, 0.29) is 6.04 Å². The van der Waals surface area contributed by atoms with Gasteiger partial charge in [0.2, 0.25) is 0 Å². The monoisotopic (exact) mass is 197 g/mol. The third kappa shape index (κ3) is 1.64. The number of nitrogens with two attached hydrogens (primary N) is 1. The van der Waals surface area contributed by atoms with Crippen LogP contribution < -0.4 is 5.73 Å². The van der Waals surface area contributed by atoms with Crippen LogP contribution in [-0.2, 0) is 0 Å². The quantitative estimate of drug-likeness (QED) is 0.785. The molecule has 0 unspecified atom stereocenters. The molecule has 1 heteroatoms. The van der Waals surface area contributed by atoms with Crippen LogP contribution in [0.3, 0.4) is 0 Å². The normalized spacial score (nSPS) is 17.9. The average molecular weight is 197 g/mol. The van der Waals surface area contributed by atoms with Crippen molar-refractivity contribution in [3.8, 4) is 0 Å². The summed E-state index contributed by atoms with van der Waals surface area (Å²) in [6.07, 6.45) is 2.60. The van der Waals surface area contributed by atoms with Gasteiger partial charge in [-0.15, -0.1) is 0 Å². The van der Waals surface area contributed by atoms with E-state index in [9.17, 15) is 0 Å². The smallest absolute Gasteiger partial charge is 0.0323 e. The minimum atomic E-state index is 0.245. The van der Waals surface area contributed by atoms with Gasteiger partial charge in [-0.2, -0.15) is 0 Å². The molecule has 2 aromatic rings. The molecule has 0 aliphatic heterocycles. The zero-order valence-corrected chi connectivity index (χ0v) is 8.69. The number of hydrogen-bond acceptors (Lipinski definition) is 1. The van der Waals surface area contributed by atoms with E-state index < -0.39 is 0 Å². The van der Waals surface area contributed by atoms with E-state index in [4.69, 9.17) is 5.73 Å². The first-order chi connectivity index (χ1) is 7.34. The van der Waals surface area contributed by atoms with E-state index in [0.717, 1.165) is 5.92 Å². The lowest BCUT2D eigenvalue weighted by atomic mass is 10.00. The molecule has 0 heterocycles. The molecule has 2 N–H and O–H groups in total. The van der Waals surface area contributed by atoms with Crippen LogP contribution in [0.25, 0.3) is 10.8 Å². The summed E-state index contributed by atoms with van der Waals surface area (Å²) in [6, 6.07) is 15.3. The highest BCUT2D eigenvalue weighted by atomic mass is 14.7. The standard InChI is InChI=1S/C14H15N/c15-14(11-6-7-11)13-8-5-10-3-1-2-4-12(10)9-13/h1-5,8-9,11,14H,6-7,15H2/t14-/m1/s1. The Morgan fingerprint density at radius 3 is 2.47 bits per heavy atom. The lowest BCUT2D eigenvalue weighted by Gasteiger charge is -2.11. The summed E-state index contributed by atoms with van der Waals surface area (Å²) in [5.41, 5.74) is 7.48. The molecule has 0 amide bonds. The van der Waals surface area contributed by atoms with Crippen molar-refractivity contribution in [1.82, 2.24) is 0 Å². The van der Waals surface area contributed by atoms with Crippen molar-refractivity contribution in [3.63, 3.8) is 0 Å². The van der Waals surface area contributed by atoms with Gasteiger partial charge >= 0.3 is 0 Å². The second-order valence-corrected chi connectivity index (χ2v) is 4.47. The second-order valence-electron chi connectivity index (χ2n) is 4.47. The molecule has 76 valence electrons. The van der Waals surface area contributed by atoms with Crippen molar-refractivity contribution < 1.29 is 0 Å². The molecule has 3 rings (SSSR count). The Bertz CT molecular complexity index is 485. The molecule has 1 nitrogen and oxygen atoms in total. The molecule has 0 radical (unpaired) electrons. The fourth-order valence-electron chi connectivity index (χ4n) is 2.14. The van der Waals surface area contributed by atoms with Crippen molar-refractivity contribution in [2.75, 3.05) is 0 Å². The summed E-state index contributed by atoms with van der Waals surface area (Å²) in [7, 11) is 0. The van der Waals surface area contributed by atoms with Gasteiger partial charge in [-0.3, -0.25) is 0 Å². The average Bonchev–Trinajstić information content (AvgIpc) is 3.11. The van der Waals surface area contributed by atoms with E-state index in [1.54, 1.807) is 0 Å². The number of benzene rings is 2.